The SMILES string of the molecule is COc1ccc(C(Cl)C2CCC2)c(OC)c1. The lowest BCUT2D eigenvalue weighted by Gasteiger charge is -2.30. The van der Waals surface area contributed by atoms with Crippen LogP contribution in [0.25, 0.3) is 0 Å². The zero-order valence-electron chi connectivity index (χ0n) is 9.70. The molecule has 0 bridgehead atoms. The smallest absolute Gasteiger partial charge is 0.127 e. The third-order valence-electron chi connectivity index (χ3n) is 3.30. The highest BCUT2D eigenvalue weighted by atomic mass is 35.5. The Bertz CT molecular complexity index is 361. The van der Waals surface area contributed by atoms with Crippen LogP contribution in [0.4, 0.5) is 0 Å². The molecule has 88 valence electrons. The van der Waals surface area contributed by atoms with Crippen LogP contribution in [0, 0.1) is 5.92 Å². The number of hydrogen-bond acceptors (Lipinski definition) is 2. The first-order valence-corrected chi connectivity index (χ1v) is 6.06. The van der Waals surface area contributed by atoms with Gasteiger partial charge in [-0.05, 0) is 24.8 Å². The molecule has 0 N–H and O–H groups in total. The standard InChI is InChI=1S/C13H17ClO2/c1-15-10-6-7-11(12(8-10)16-2)13(14)9-4-3-5-9/h6-9,13H,3-5H2,1-2H3. The molecule has 1 aliphatic rings. The molecule has 0 saturated heterocycles. The molecule has 0 aromatic heterocycles. The van der Waals surface area contributed by atoms with Gasteiger partial charge in [0.05, 0.1) is 19.6 Å². The van der Waals surface area contributed by atoms with Gasteiger partial charge in [-0.3, -0.25) is 0 Å². The first-order valence-electron chi connectivity index (χ1n) is 5.62. The lowest BCUT2D eigenvalue weighted by atomic mass is 9.80. The highest BCUT2D eigenvalue weighted by Crippen LogP contribution is 2.45. The summed E-state index contributed by atoms with van der Waals surface area (Å²) in [5.41, 5.74) is 1.08. The average molecular weight is 241 g/mol. The van der Waals surface area contributed by atoms with Crippen molar-refractivity contribution in [2.75, 3.05) is 14.2 Å². The molecular formula is C13H17ClO2. The van der Waals surface area contributed by atoms with E-state index in [9.17, 15) is 0 Å². The van der Waals surface area contributed by atoms with Crippen molar-refractivity contribution in [2.24, 2.45) is 5.92 Å². The maximum Gasteiger partial charge on any atom is 0.127 e. The molecule has 1 aromatic carbocycles. The second-order valence-electron chi connectivity index (χ2n) is 4.20. The van der Waals surface area contributed by atoms with Crippen LogP contribution >= 0.6 is 11.6 Å². The first-order chi connectivity index (χ1) is 7.76. The van der Waals surface area contributed by atoms with Crippen molar-refractivity contribution in [3.63, 3.8) is 0 Å². The van der Waals surface area contributed by atoms with Gasteiger partial charge >= 0.3 is 0 Å². The zero-order chi connectivity index (χ0) is 11.5. The number of hydrogen-bond donors (Lipinski definition) is 0. The molecule has 3 heteroatoms. The van der Waals surface area contributed by atoms with Gasteiger partial charge in [0.15, 0.2) is 0 Å². The van der Waals surface area contributed by atoms with Crippen molar-refractivity contribution < 1.29 is 9.47 Å². The van der Waals surface area contributed by atoms with Crippen LogP contribution < -0.4 is 9.47 Å². The Morgan fingerprint density at radius 3 is 2.50 bits per heavy atom. The second kappa shape index (κ2) is 4.96. The highest BCUT2D eigenvalue weighted by molar-refractivity contribution is 6.21. The molecule has 0 aliphatic heterocycles. The molecule has 16 heavy (non-hydrogen) atoms. The van der Waals surface area contributed by atoms with Gasteiger partial charge in [-0.25, -0.2) is 0 Å². The summed E-state index contributed by atoms with van der Waals surface area (Å²) in [6.07, 6.45) is 3.75. The normalized spacial score (nSPS) is 17.7. The predicted octanol–water partition coefficient (Wildman–Crippen LogP) is 3.78. The predicted molar refractivity (Wildman–Crippen MR) is 65.5 cm³/mol. The topological polar surface area (TPSA) is 18.5 Å². The summed E-state index contributed by atoms with van der Waals surface area (Å²) in [5, 5.41) is 0.0645. The van der Waals surface area contributed by atoms with E-state index in [-0.39, 0.29) is 5.38 Å². The first kappa shape index (κ1) is 11.6. The van der Waals surface area contributed by atoms with Gasteiger partial charge in [-0.15, -0.1) is 11.6 Å². The fourth-order valence-electron chi connectivity index (χ4n) is 2.03. The molecule has 1 aromatic rings. The van der Waals surface area contributed by atoms with Gasteiger partial charge < -0.3 is 9.47 Å². The number of benzene rings is 1. The van der Waals surface area contributed by atoms with E-state index in [2.05, 4.69) is 0 Å². The third kappa shape index (κ3) is 2.12. The Kier molecular flexibility index (Phi) is 3.59. The average Bonchev–Trinajstić information content (AvgIpc) is 2.25. The summed E-state index contributed by atoms with van der Waals surface area (Å²) in [6.45, 7) is 0. The maximum atomic E-state index is 6.47. The Morgan fingerprint density at radius 2 is 2.00 bits per heavy atom. The minimum absolute atomic E-state index is 0.0645. The van der Waals surface area contributed by atoms with Crippen molar-refractivity contribution in [1.29, 1.82) is 0 Å². The van der Waals surface area contributed by atoms with Crippen LogP contribution in [0.5, 0.6) is 11.5 Å². The van der Waals surface area contributed by atoms with Gasteiger partial charge in [-0.1, -0.05) is 12.5 Å². The number of halogens is 1. The van der Waals surface area contributed by atoms with Crippen molar-refractivity contribution in [1.82, 2.24) is 0 Å². The lowest BCUT2D eigenvalue weighted by molar-refractivity contribution is 0.300. The largest absolute Gasteiger partial charge is 0.497 e. The molecule has 0 heterocycles. The molecule has 1 unspecified atom stereocenters. The summed E-state index contributed by atoms with van der Waals surface area (Å²) in [5.74, 6) is 2.23. The molecule has 0 amide bonds. The molecule has 1 atom stereocenters. The zero-order valence-corrected chi connectivity index (χ0v) is 10.5. The van der Waals surface area contributed by atoms with Gasteiger partial charge in [0.2, 0.25) is 0 Å². The molecule has 1 aliphatic carbocycles. The van der Waals surface area contributed by atoms with Crippen molar-refractivity contribution in [2.45, 2.75) is 24.6 Å². The van der Waals surface area contributed by atoms with Crippen LogP contribution in [0.15, 0.2) is 18.2 Å². The summed E-state index contributed by atoms with van der Waals surface area (Å²) in [4.78, 5) is 0. The van der Waals surface area contributed by atoms with Gasteiger partial charge in [-0.2, -0.15) is 0 Å². The summed E-state index contributed by atoms with van der Waals surface area (Å²) < 4.78 is 10.5. The monoisotopic (exact) mass is 240 g/mol. The summed E-state index contributed by atoms with van der Waals surface area (Å²) in [6, 6.07) is 5.84. The highest BCUT2D eigenvalue weighted by Gasteiger charge is 2.28. The summed E-state index contributed by atoms with van der Waals surface area (Å²) in [7, 11) is 3.32. The maximum absolute atomic E-state index is 6.47. The fourth-order valence-corrected chi connectivity index (χ4v) is 2.46. The number of alkyl halides is 1. The van der Waals surface area contributed by atoms with E-state index >= 15 is 0 Å². The molecule has 2 rings (SSSR count). The third-order valence-corrected chi connectivity index (χ3v) is 3.89. The van der Waals surface area contributed by atoms with Gasteiger partial charge in [0, 0.05) is 11.6 Å². The molecule has 1 fully saturated rings. The van der Waals surface area contributed by atoms with E-state index in [1.165, 1.54) is 19.3 Å². The number of ether oxygens (including phenoxy) is 2. The Balaban J connectivity index is 2.24. The van der Waals surface area contributed by atoms with E-state index in [0.29, 0.717) is 5.92 Å². The Morgan fingerprint density at radius 1 is 1.25 bits per heavy atom. The number of rotatable bonds is 4. The Labute approximate surface area is 102 Å². The molecular weight excluding hydrogens is 224 g/mol. The van der Waals surface area contributed by atoms with E-state index in [1.54, 1.807) is 14.2 Å². The van der Waals surface area contributed by atoms with E-state index in [0.717, 1.165) is 17.1 Å². The molecule has 0 spiro atoms. The van der Waals surface area contributed by atoms with Crippen LogP contribution in [0.1, 0.15) is 30.2 Å². The van der Waals surface area contributed by atoms with Crippen LogP contribution in [-0.2, 0) is 0 Å². The summed E-state index contributed by atoms with van der Waals surface area (Å²) >= 11 is 6.47. The van der Waals surface area contributed by atoms with Crippen LogP contribution in [-0.4, -0.2) is 14.2 Å². The van der Waals surface area contributed by atoms with Crippen molar-refractivity contribution in [3.8, 4) is 11.5 Å². The van der Waals surface area contributed by atoms with E-state index < -0.39 is 0 Å². The Hall–Kier alpha value is -0.890. The quantitative estimate of drug-likeness (QED) is 0.746. The number of methoxy groups -OCH3 is 2. The molecule has 0 radical (unpaired) electrons. The van der Waals surface area contributed by atoms with Crippen LogP contribution in [0.2, 0.25) is 0 Å². The molecule has 1 saturated carbocycles. The van der Waals surface area contributed by atoms with Crippen molar-refractivity contribution >= 4 is 11.6 Å². The van der Waals surface area contributed by atoms with Gasteiger partial charge in [0.25, 0.3) is 0 Å². The van der Waals surface area contributed by atoms with E-state index in [1.807, 2.05) is 18.2 Å². The minimum Gasteiger partial charge on any atom is -0.497 e. The van der Waals surface area contributed by atoms with Crippen molar-refractivity contribution in [3.05, 3.63) is 23.8 Å². The lowest BCUT2D eigenvalue weighted by Crippen LogP contribution is -2.17. The minimum atomic E-state index is 0.0645. The van der Waals surface area contributed by atoms with Crippen LogP contribution in [0.3, 0.4) is 0 Å². The van der Waals surface area contributed by atoms with E-state index in [4.69, 9.17) is 21.1 Å². The van der Waals surface area contributed by atoms with Gasteiger partial charge in [0.1, 0.15) is 11.5 Å². The second-order valence-corrected chi connectivity index (χ2v) is 4.67. The molecule has 2 nitrogen and oxygen atoms in total. The fraction of sp³-hybridized carbons (Fsp3) is 0.538.